The predicted octanol–water partition coefficient (Wildman–Crippen LogP) is 2.70. The van der Waals surface area contributed by atoms with E-state index in [1.807, 2.05) is 0 Å². The molecule has 0 aliphatic rings. The van der Waals surface area contributed by atoms with Crippen molar-refractivity contribution in [3.8, 4) is 0 Å². The molecule has 0 amide bonds. The van der Waals surface area contributed by atoms with Crippen LogP contribution in [-0.4, -0.2) is 40.0 Å². The highest BCUT2D eigenvalue weighted by molar-refractivity contribution is 4.65. The maximum Gasteiger partial charge on any atom is 0.0487 e. The average Bonchev–Trinajstić information content (AvgIpc) is 2.31. The SMILES string of the molecule is CCCNCC(CCOCCCOC)C(C)C. The summed E-state index contributed by atoms with van der Waals surface area (Å²) in [7, 11) is 1.73. The van der Waals surface area contributed by atoms with Crippen molar-refractivity contribution < 1.29 is 9.47 Å². The lowest BCUT2D eigenvalue weighted by molar-refractivity contribution is 0.0892. The van der Waals surface area contributed by atoms with Gasteiger partial charge in [0.25, 0.3) is 0 Å². The van der Waals surface area contributed by atoms with E-state index in [9.17, 15) is 0 Å². The maximum atomic E-state index is 5.61. The molecule has 0 fully saturated rings. The highest BCUT2D eigenvalue weighted by atomic mass is 16.5. The summed E-state index contributed by atoms with van der Waals surface area (Å²) in [6.07, 6.45) is 3.36. The number of nitrogens with one attached hydrogen (secondary N) is 1. The quantitative estimate of drug-likeness (QED) is 0.536. The number of methoxy groups -OCH3 is 1. The summed E-state index contributed by atoms with van der Waals surface area (Å²) in [4.78, 5) is 0. The zero-order chi connectivity index (χ0) is 12.9. The molecule has 0 aliphatic carbocycles. The minimum absolute atomic E-state index is 0.724. The first-order valence-electron chi connectivity index (χ1n) is 6.99. The van der Waals surface area contributed by atoms with Crippen molar-refractivity contribution in [1.82, 2.24) is 5.32 Å². The van der Waals surface area contributed by atoms with Crippen LogP contribution in [0.3, 0.4) is 0 Å². The Labute approximate surface area is 107 Å². The van der Waals surface area contributed by atoms with Gasteiger partial charge >= 0.3 is 0 Å². The van der Waals surface area contributed by atoms with Crippen LogP contribution in [0.15, 0.2) is 0 Å². The molecule has 0 aromatic heterocycles. The van der Waals surface area contributed by atoms with Crippen molar-refractivity contribution >= 4 is 0 Å². The third-order valence-electron chi connectivity index (χ3n) is 3.05. The van der Waals surface area contributed by atoms with Gasteiger partial charge in [-0.15, -0.1) is 0 Å². The summed E-state index contributed by atoms with van der Waals surface area (Å²) >= 11 is 0. The first-order chi connectivity index (χ1) is 8.22. The zero-order valence-electron chi connectivity index (χ0n) is 12.1. The van der Waals surface area contributed by atoms with Crippen LogP contribution in [0.4, 0.5) is 0 Å². The fraction of sp³-hybridized carbons (Fsp3) is 1.00. The Morgan fingerprint density at radius 3 is 2.47 bits per heavy atom. The summed E-state index contributed by atoms with van der Waals surface area (Å²) in [5.74, 6) is 1.45. The molecule has 0 spiro atoms. The average molecular weight is 245 g/mol. The molecule has 1 atom stereocenters. The van der Waals surface area contributed by atoms with E-state index >= 15 is 0 Å². The van der Waals surface area contributed by atoms with Crippen molar-refractivity contribution in [1.29, 1.82) is 0 Å². The van der Waals surface area contributed by atoms with Crippen molar-refractivity contribution in [3.63, 3.8) is 0 Å². The van der Waals surface area contributed by atoms with Gasteiger partial charge in [-0.05, 0) is 44.2 Å². The molecule has 0 aromatic rings. The van der Waals surface area contributed by atoms with Gasteiger partial charge in [0.05, 0.1) is 0 Å². The first kappa shape index (κ1) is 16.9. The van der Waals surface area contributed by atoms with Crippen LogP contribution in [-0.2, 0) is 9.47 Å². The largest absolute Gasteiger partial charge is 0.385 e. The molecule has 0 rings (SSSR count). The van der Waals surface area contributed by atoms with Crippen molar-refractivity contribution in [2.75, 3.05) is 40.0 Å². The Balaban J connectivity index is 3.49. The van der Waals surface area contributed by atoms with Crippen LogP contribution in [0, 0.1) is 11.8 Å². The van der Waals surface area contributed by atoms with E-state index in [1.54, 1.807) is 7.11 Å². The van der Waals surface area contributed by atoms with E-state index in [0.29, 0.717) is 0 Å². The van der Waals surface area contributed by atoms with E-state index in [2.05, 4.69) is 26.1 Å². The molecule has 0 aliphatic heterocycles. The lowest BCUT2D eigenvalue weighted by Gasteiger charge is -2.21. The molecular weight excluding hydrogens is 214 g/mol. The van der Waals surface area contributed by atoms with Gasteiger partial charge in [-0.2, -0.15) is 0 Å². The molecule has 3 nitrogen and oxygen atoms in total. The van der Waals surface area contributed by atoms with Crippen molar-refractivity contribution in [3.05, 3.63) is 0 Å². The molecule has 0 heterocycles. The standard InChI is InChI=1S/C14H31NO2/c1-5-8-15-12-14(13(2)3)7-11-17-10-6-9-16-4/h13-15H,5-12H2,1-4H3. The summed E-state index contributed by atoms with van der Waals surface area (Å²) in [6.45, 7) is 11.5. The van der Waals surface area contributed by atoms with Gasteiger partial charge in [-0.3, -0.25) is 0 Å². The van der Waals surface area contributed by atoms with E-state index in [-0.39, 0.29) is 0 Å². The van der Waals surface area contributed by atoms with Gasteiger partial charge < -0.3 is 14.8 Å². The highest BCUT2D eigenvalue weighted by Crippen LogP contribution is 2.14. The van der Waals surface area contributed by atoms with Crippen LogP contribution in [0.2, 0.25) is 0 Å². The smallest absolute Gasteiger partial charge is 0.0487 e. The number of hydrogen-bond donors (Lipinski definition) is 1. The molecule has 0 bridgehead atoms. The van der Waals surface area contributed by atoms with Crippen LogP contribution in [0.5, 0.6) is 0 Å². The minimum atomic E-state index is 0.724. The van der Waals surface area contributed by atoms with Crippen molar-refractivity contribution in [2.45, 2.75) is 40.0 Å². The second kappa shape index (κ2) is 12.3. The van der Waals surface area contributed by atoms with Crippen LogP contribution in [0.25, 0.3) is 0 Å². The zero-order valence-corrected chi connectivity index (χ0v) is 12.1. The fourth-order valence-electron chi connectivity index (χ4n) is 1.78. The monoisotopic (exact) mass is 245 g/mol. The van der Waals surface area contributed by atoms with Crippen LogP contribution < -0.4 is 5.32 Å². The predicted molar refractivity (Wildman–Crippen MR) is 73.4 cm³/mol. The highest BCUT2D eigenvalue weighted by Gasteiger charge is 2.12. The molecule has 0 saturated heterocycles. The molecule has 17 heavy (non-hydrogen) atoms. The van der Waals surface area contributed by atoms with E-state index in [4.69, 9.17) is 9.47 Å². The van der Waals surface area contributed by atoms with Gasteiger partial charge in [0.1, 0.15) is 0 Å². The van der Waals surface area contributed by atoms with Gasteiger partial charge in [0.2, 0.25) is 0 Å². The Morgan fingerprint density at radius 1 is 1.12 bits per heavy atom. The second-order valence-electron chi connectivity index (χ2n) is 4.96. The van der Waals surface area contributed by atoms with Gasteiger partial charge in [0.15, 0.2) is 0 Å². The normalized spacial score (nSPS) is 13.2. The van der Waals surface area contributed by atoms with Crippen molar-refractivity contribution in [2.24, 2.45) is 11.8 Å². The third-order valence-corrected chi connectivity index (χ3v) is 3.05. The van der Waals surface area contributed by atoms with Gasteiger partial charge in [-0.25, -0.2) is 0 Å². The maximum absolute atomic E-state index is 5.61. The Morgan fingerprint density at radius 2 is 1.88 bits per heavy atom. The van der Waals surface area contributed by atoms with E-state index < -0.39 is 0 Å². The summed E-state index contributed by atoms with van der Waals surface area (Å²) in [6, 6.07) is 0. The molecule has 1 N–H and O–H groups in total. The summed E-state index contributed by atoms with van der Waals surface area (Å²) < 4.78 is 10.6. The number of ether oxygens (including phenoxy) is 2. The Kier molecular flexibility index (Phi) is 12.3. The Hall–Kier alpha value is -0.120. The Bertz CT molecular complexity index is 151. The molecule has 1 unspecified atom stereocenters. The molecular formula is C14H31NO2. The number of rotatable bonds is 12. The second-order valence-corrected chi connectivity index (χ2v) is 4.96. The fourth-order valence-corrected chi connectivity index (χ4v) is 1.78. The lowest BCUT2D eigenvalue weighted by Crippen LogP contribution is -2.27. The molecule has 0 radical (unpaired) electrons. The molecule has 0 aromatic carbocycles. The van der Waals surface area contributed by atoms with E-state index in [0.717, 1.165) is 57.6 Å². The third kappa shape index (κ3) is 10.7. The van der Waals surface area contributed by atoms with Gasteiger partial charge in [0, 0.05) is 26.9 Å². The molecule has 0 saturated carbocycles. The number of hydrogen-bond acceptors (Lipinski definition) is 3. The molecule has 3 heteroatoms. The van der Waals surface area contributed by atoms with Crippen LogP contribution in [0.1, 0.15) is 40.0 Å². The molecule has 104 valence electrons. The topological polar surface area (TPSA) is 30.5 Å². The van der Waals surface area contributed by atoms with Crippen LogP contribution >= 0.6 is 0 Å². The van der Waals surface area contributed by atoms with Gasteiger partial charge in [-0.1, -0.05) is 20.8 Å². The lowest BCUT2D eigenvalue weighted by atomic mass is 9.93. The van der Waals surface area contributed by atoms with E-state index in [1.165, 1.54) is 6.42 Å². The minimum Gasteiger partial charge on any atom is -0.385 e. The summed E-state index contributed by atoms with van der Waals surface area (Å²) in [5, 5.41) is 3.50. The first-order valence-corrected chi connectivity index (χ1v) is 6.99. The summed E-state index contributed by atoms with van der Waals surface area (Å²) in [5.41, 5.74) is 0.